The van der Waals surface area contributed by atoms with Gasteiger partial charge in [-0.1, -0.05) is 30.3 Å². The number of carbonyl (C=O) groups is 1. The van der Waals surface area contributed by atoms with E-state index in [1.807, 2.05) is 17.0 Å². The van der Waals surface area contributed by atoms with E-state index in [1.54, 1.807) is 43.5 Å². The van der Waals surface area contributed by atoms with Crippen LogP contribution in [0.2, 0.25) is 5.02 Å². The molecule has 0 amide bonds. The summed E-state index contributed by atoms with van der Waals surface area (Å²) in [6, 6.07) is 15.3. The highest BCUT2D eigenvalue weighted by Crippen LogP contribution is 2.44. The number of carboxylic acids is 1. The zero-order chi connectivity index (χ0) is 29.7. The van der Waals surface area contributed by atoms with E-state index < -0.39 is 17.9 Å². The molecule has 7 nitrogen and oxygen atoms in total. The molecule has 0 saturated carbocycles. The Morgan fingerprint density at radius 3 is 2.46 bits per heavy atom. The molecule has 218 valence electrons. The van der Waals surface area contributed by atoms with E-state index in [9.17, 15) is 13.6 Å². The summed E-state index contributed by atoms with van der Waals surface area (Å²) in [6.07, 6.45) is 1.00. The van der Waals surface area contributed by atoms with Crippen molar-refractivity contribution < 1.29 is 32.9 Å². The standard InChI is InChI=1S/C31H33ClF2N2O5/c1-19(36-12-11-21-14-28(40-4)26(18-27(21)36)31(2,33)34)30(20-7-9-22(32)10-8-20)35-23-15-24(39-3)17-25(16-23)41-13-5-6-29(37)38/h7-10,14-18,30,35H,1,5-6,11-13H2,2-4H3,(H,37,38). The Balaban J connectivity index is 1.68. The molecule has 0 bridgehead atoms. The Kier molecular flexibility index (Phi) is 9.28. The number of fused-ring (bicyclic) bond motifs is 1. The van der Waals surface area contributed by atoms with Crippen LogP contribution in [0.4, 0.5) is 20.2 Å². The number of nitrogens with zero attached hydrogens (tertiary/aromatic N) is 1. The predicted octanol–water partition coefficient (Wildman–Crippen LogP) is 7.44. The van der Waals surface area contributed by atoms with Gasteiger partial charge in [-0.2, -0.15) is 0 Å². The molecule has 1 heterocycles. The molecule has 0 aromatic heterocycles. The average Bonchev–Trinajstić information content (AvgIpc) is 3.36. The van der Waals surface area contributed by atoms with Crippen LogP contribution in [0.25, 0.3) is 0 Å². The number of halogens is 3. The lowest BCUT2D eigenvalue weighted by molar-refractivity contribution is -0.137. The van der Waals surface area contributed by atoms with Crippen molar-refractivity contribution in [1.29, 1.82) is 0 Å². The van der Waals surface area contributed by atoms with Gasteiger partial charge in [0.2, 0.25) is 0 Å². The number of nitrogens with one attached hydrogen (secondary N) is 1. The smallest absolute Gasteiger partial charge is 0.303 e. The van der Waals surface area contributed by atoms with Gasteiger partial charge < -0.3 is 29.5 Å². The summed E-state index contributed by atoms with van der Waals surface area (Å²) >= 11 is 6.17. The molecule has 10 heteroatoms. The van der Waals surface area contributed by atoms with Crippen LogP contribution in [0, 0.1) is 0 Å². The number of benzene rings is 3. The van der Waals surface area contributed by atoms with Crippen LogP contribution in [0.3, 0.4) is 0 Å². The molecule has 41 heavy (non-hydrogen) atoms. The van der Waals surface area contributed by atoms with Gasteiger partial charge in [0.25, 0.3) is 5.92 Å². The molecule has 1 atom stereocenters. The van der Waals surface area contributed by atoms with Crippen molar-refractivity contribution >= 4 is 28.9 Å². The molecule has 0 saturated heterocycles. The lowest BCUT2D eigenvalue weighted by atomic mass is 10.0. The van der Waals surface area contributed by atoms with Crippen LogP contribution >= 0.6 is 11.6 Å². The van der Waals surface area contributed by atoms with Crippen LogP contribution in [-0.2, 0) is 17.1 Å². The van der Waals surface area contributed by atoms with Gasteiger partial charge in [-0.25, -0.2) is 8.78 Å². The van der Waals surface area contributed by atoms with E-state index in [2.05, 4.69) is 11.9 Å². The highest BCUT2D eigenvalue weighted by molar-refractivity contribution is 6.30. The van der Waals surface area contributed by atoms with Crippen LogP contribution in [0.15, 0.2) is 66.9 Å². The summed E-state index contributed by atoms with van der Waals surface area (Å²) in [5.41, 5.74) is 3.52. The van der Waals surface area contributed by atoms with Gasteiger partial charge in [0.15, 0.2) is 0 Å². The van der Waals surface area contributed by atoms with Crippen molar-refractivity contribution in [2.24, 2.45) is 0 Å². The molecule has 3 aromatic rings. The van der Waals surface area contributed by atoms with Gasteiger partial charge in [-0.15, -0.1) is 0 Å². The first-order valence-corrected chi connectivity index (χ1v) is 13.5. The van der Waals surface area contributed by atoms with Gasteiger partial charge in [0.1, 0.15) is 17.2 Å². The van der Waals surface area contributed by atoms with Crippen LogP contribution in [-0.4, -0.2) is 38.4 Å². The number of rotatable bonds is 13. The zero-order valence-corrected chi connectivity index (χ0v) is 23.9. The fourth-order valence-corrected chi connectivity index (χ4v) is 4.96. The fourth-order valence-electron chi connectivity index (χ4n) is 4.83. The van der Waals surface area contributed by atoms with E-state index in [1.165, 1.54) is 13.2 Å². The molecule has 3 aromatic carbocycles. The lowest BCUT2D eigenvalue weighted by Crippen LogP contribution is -2.28. The lowest BCUT2D eigenvalue weighted by Gasteiger charge is -2.31. The van der Waals surface area contributed by atoms with Crippen molar-refractivity contribution in [2.75, 3.05) is 37.6 Å². The third-order valence-electron chi connectivity index (χ3n) is 6.88. The number of aliphatic carboxylic acids is 1. The number of hydrogen-bond donors (Lipinski definition) is 2. The van der Waals surface area contributed by atoms with Crippen molar-refractivity contribution in [3.8, 4) is 17.2 Å². The topological polar surface area (TPSA) is 80.3 Å². The summed E-state index contributed by atoms with van der Waals surface area (Å²) in [6.45, 7) is 6.04. The SMILES string of the molecule is C=C(C(Nc1cc(OC)cc(OCCCC(=O)O)c1)c1ccc(Cl)cc1)N1CCc2cc(OC)c(C(C)(F)F)cc21. The Bertz CT molecular complexity index is 1410. The average molecular weight is 587 g/mol. The van der Waals surface area contributed by atoms with E-state index in [4.69, 9.17) is 30.9 Å². The largest absolute Gasteiger partial charge is 0.497 e. The summed E-state index contributed by atoms with van der Waals surface area (Å²) in [5.74, 6) is -2.78. The Morgan fingerprint density at radius 1 is 1.12 bits per heavy atom. The van der Waals surface area contributed by atoms with Gasteiger partial charge in [-0.3, -0.25) is 4.79 Å². The Labute approximate surface area is 243 Å². The van der Waals surface area contributed by atoms with E-state index in [0.29, 0.717) is 53.0 Å². The monoisotopic (exact) mass is 586 g/mol. The maximum Gasteiger partial charge on any atom is 0.303 e. The van der Waals surface area contributed by atoms with Crippen LogP contribution in [0.5, 0.6) is 17.2 Å². The van der Waals surface area contributed by atoms with Crippen LogP contribution in [0.1, 0.15) is 42.5 Å². The highest BCUT2D eigenvalue weighted by atomic mass is 35.5. The summed E-state index contributed by atoms with van der Waals surface area (Å²) in [4.78, 5) is 12.8. The Morgan fingerprint density at radius 2 is 1.83 bits per heavy atom. The second-order valence-corrected chi connectivity index (χ2v) is 10.3. The Hall–Kier alpha value is -3.98. The van der Waals surface area contributed by atoms with Crippen molar-refractivity contribution in [3.63, 3.8) is 0 Å². The van der Waals surface area contributed by atoms with Crippen molar-refractivity contribution in [1.82, 2.24) is 0 Å². The fraction of sp³-hybridized carbons (Fsp3) is 0.323. The first-order valence-electron chi connectivity index (χ1n) is 13.1. The number of ether oxygens (including phenoxy) is 3. The molecule has 4 rings (SSSR count). The van der Waals surface area contributed by atoms with Gasteiger partial charge >= 0.3 is 5.97 Å². The molecule has 2 N–H and O–H groups in total. The molecule has 0 aliphatic carbocycles. The van der Waals surface area contributed by atoms with Crippen molar-refractivity contribution in [3.05, 3.63) is 88.6 Å². The third kappa shape index (κ3) is 7.21. The first-order chi connectivity index (χ1) is 19.5. The zero-order valence-electron chi connectivity index (χ0n) is 23.2. The quantitative estimate of drug-likeness (QED) is 0.201. The number of hydrogen-bond acceptors (Lipinski definition) is 6. The normalized spacial score (nSPS) is 13.4. The highest BCUT2D eigenvalue weighted by Gasteiger charge is 2.34. The number of carboxylic acid groups (broad SMARTS) is 1. The second-order valence-electron chi connectivity index (χ2n) is 9.83. The van der Waals surface area contributed by atoms with Gasteiger partial charge in [-0.05, 0) is 48.2 Å². The second kappa shape index (κ2) is 12.7. The molecule has 1 aliphatic heterocycles. The molecule has 0 spiro atoms. The summed E-state index contributed by atoms with van der Waals surface area (Å²) in [5, 5.41) is 13.0. The molecule has 0 radical (unpaired) electrons. The van der Waals surface area contributed by atoms with E-state index >= 15 is 0 Å². The number of alkyl halides is 2. The summed E-state index contributed by atoms with van der Waals surface area (Å²) < 4.78 is 45.6. The minimum atomic E-state index is -3.09. The number of anilines is 2. The van der Waals surface area contributed by atoms with E-state index in [0.717, 1.165) is 18.1 Å². The van der Waals surface area contributed by atoms with Crippen molar-refractivity contribution in [2.45, 2.75) is 38.2 Å². The molecular formula is C31H33ClF2N2O5. The predicted molar refractivity (Wildman–Crippen MR) is 156 cm³/mol. The van der Waals surface area contributed by atoms with E-state index in [-0.39, 0.29) is 24.3 Å². The minimum Gasteiger partial charge on any atom is -0.497 e. The van der Waals surface area contributed by atoms with Crippen LogP contribution < -0.4 is 24.4 Å². The third-order valence-corrected chi connectivity index (χ3v) is 7.13. The summed E-state index contributed by atoms with van der Waals surface area (Å²) in [7, 11) is 2.93. The van der Waals surface area contributed by atoms with Gasteiger partial charge in [0.05, 0.1) is 32.4 Å². The molecular weight excluding hydrogens is 554 g/mol. The number of methoxy groups -OCH3 is 2. The maximum atomic E-state index is 14.5. The van der Waals surface area contributed by atoms with Gasteiger partial charge in [0, 0.05) is 60.2 Å². The molecule has 1 aliphatic rings. The molecule has 1 unspecified atom stereocenters. The first kappa shape index (κ1) is 30.0. The molecule has 0 fully saturated rings. The minimum absolute atomic E-state index is 0.00238. The maximum absolute atomic E-state index is 14.5.